The van der Waals surface area contributed by atoms with E-state index in [-0.39, 0.29) is 12.4 Å². The Morgan fingerprint density at radius 3 is 2.00 bits per heavy atom. The van der Waals surface area contributed by atoms with Crippen LogP contribution in [0.1, 0.15) is 0 Å². The molecule has 0 fully saturated rings. The van der Waals surface area contributed by atoms with Gasteiger partial charge >= 0.3 is 0 Å². The SMILES string of the molecule is Cl.O=NOO. The molecule has 0 amide bonds. The van der Waals surface area contributed by atoms with Crippen molar-refractivity contribution >= 4 is 12.4 Å². The van der Waals surface area contributed by atoms with E-state index in [1.54, 1.807) is 5.34 Å². The van der Waals surface area contributed by atoms with Gasteiger partial charge in [-0.1, -0.05) is 0 Å². The Balaban J connectivity index is 0. The van der Waals surface area contributed by atoms with E-state index in [2.05, 4.69) is 4.99 Å². The second kappa shape index (κ2) is 9.41. The van der Waals surface area contributed by atoms with E-state index in [9.17, 15) is 0 Å². The molecule has 0 aliphatic heterocycles. The molecular formula is H2ClNO3. The minimum atomic E-state index is 0. The van der Waals surface area contributed by atoms with Crippen molar-refractivity contribution in [3.8, 4) is 0 Å². The number of hydrogen-bond acceptors (Lipinski definition) is 4. The molecule has 0 bridgehead atoms. The molecule has 0 unspecified atom stereocenters. The van der Waals surface area contributed by atoms with Crippen LogP contribution in [0.3, 0.4) is 0 Å². The molecular weight excluding hydrogens is 97.5 g/mol. The maximum Gasteiger partial charge on any atom is 0.190 e. The van der Waals surface area contributed by atoms with E-state index >= 15 is 0 Å². The predicted molar refractivity (Wildman–Crippen MR) is 16.8 cm³/mol. The van der Waals surface area contributed by atoms with Crippen LogP contribution < -0.4 is 0 Å². The topological polar surface area (TPSA) is 58.9 Å². The average Bonchev–Trinajstić information content (AvgIpc) is 1.37. The fourth-order valence-electron chi connectivity index (χ4n) is 0. The Morgan fingerprint density at radius 2 is 2.00 bits per heavy atom. The lowest BCUT2D eigenvalue weighted by Gasteiger charge is -1.59. The van der Waals surface area contributed by atoms with Crippen LogP contribution in [0, 0.1) is 4.91 Å². The lowest BCUT2D eigenvalue weighted by molar-refractivity contribution is -0.245. The first-order valence-electron chi connectivity index (χ1n) is 0.548. The van der Waals surface area contributed by atoms with E-state index in [0.29, 0.717) is 0 Å². The number of hydrogen-bond donors (Lipinski definition) is 1. The summed E-state index contributed by atoms with van der Waals surface area (Å²) in [4.78, 5) is 11.1. The van der Waals surface area contributed by atoms with Crippen molar-refractivity contribution in [3.63, 3.8) is 0 Å². The number of halogens is 1. The summed E-state index contributed by atoms with van der Waals surface area (Å²) in [6, 6.07) is 0. The Bertz CT molecular complexity index is 20.9. The molecule has 0 saturated carbocycles. The summed E-state index contributed by atoms with van der Waals surface area (Å²) in [5, 5.41) is 8.44. The lowest BCUT2D eigenvalue weighted by Crippen LogP contribution is -1.56. The van der Waals surface area contributed by atoms with E-state index in [0.717, 1.165) is 0 Å². The zero-order valence-corrected chi connectivity index (χ0v) is 2.94. The third kappa shape index (κ3) is 23.5. The monoisotopic (exact) mass is 99.0 g/mol. The van der Waals surface area contributed by atoms with Gasteiger partial charge in [0.1, 0.15) is 0 Å². The average molecular weight is 99.5 g/mol. The quantitative estimate of drug-likeness (QED) is 0.297. The second-order valence-electron chi connectivity index (χ2n) is 0.156. The van der Waals surface area contributed by atoms with Crippen LogP contribution in [-0.4, -0.2) is 5.26 Å². The highest BCUT2D eigenvalue weighted by atomic mass is 35.5. The van der Waals surface area contributed by atoms with Gasteiger partial charge in [-0.3, -0.25) is 0 Å². The van der Waals surface area contributed by atoms with Gasteiger partial charge in [0.15, 0.2) is 5.34 Å². The summed E-state index contributed by atoms with van der Waals surface area (Å²) in [5.41, 5.74) is 0. The number of nitrogens with zero attached hydrogens (tertiary/aromatic N) is 1. The fraction of sp³-hybridized carbons (Fsp3) is 0. The van der Waals surface area contributed by atoms with Gasteiger partial charge in [0.25, 0.3) is 0 Å². The standard InChI is InChI=1S/ClH.HNO3/c;2-1-4-3/h1H;3H. The maximum absolute atomic E-state index is 8.45. The van der Waals surface area contributed by atoms with E-state index in [1.807, 2.05) is 0 Å². The van der Waals surface area contributed by atoms with E-state index < -0.39 is 0 Å². The Kier molecular flexibility index (Phi) is 16.6. The van der Waals surface area contributed by atoms with Crippen molar-refractivity contribution < 1.29 is 10.2 Å². The molecule has 5 heavy (non-hydrogen) atoms. The van der Waals surface area contributed by atoms with Gasteiger partial charge in [0.2, 0.25) is 0 Å². The molecule has 0 aromatic rings. The molecule has 1 N–H and O–H groups in total. The van der Waals surface area contributed by atoms with Crippen molar-refractivity contribution in [1.82, 2.24) is 0 Å². The molecule has 0 rings (SSSR count). The van der Waals surface area contributed by atoms with Crippen molar-refractivity contribution in [2.75, 3.05) is 0 Å². The summed E-state index contributed by atoms with van der Waals surface area (Å²) in [6.45, 7) is 0. The predicted octanol–water partition coefficient (Wildman–Crippen LogP) is 0.579. The van der Waals surface area contributed by atoms with Crippen LogP contribution in [0.25, 0.3) is 0 Å². The highest BCUT2D eigenvalue weighted by molar-refractivity contribution is 5.85. The summed E-state index contributed by atoms with van der Waals surface area (Å²) in [5.74, 6) is 0. The lowest BCUT2D eigenvalue weighted by atomic mass is 13.4. The van der Waals surface area contributed by atoms with Crippen LogP contribution in [0.4, 0.5) is 0 Å². The third-order valence-electron chi connectivity index (χ3n) is 0.0333. The number of rotatable bonds is 1. The zero-order valence-electron chi connectivity index (χ0n) is 2.12. The van der Waals surface area contributed by atoms with Gasteiger partial charge in [-0.05, 0) is 0 Å². The molecule has 0 aliphatic carbocycles. The van der Waals surface area contributed by atoms with Crippen LogP contribution in [0.5, 0.6) is 0 Å². The molecule has 0 spiro atoms. The van der Waals surface area contributed by atoms with Gasteiger partial charge in [-0.25, -0.2) is 0 Å². The van der Waals surface area contributed by atoms with Crippen LogP contribution >= 0.6 is 12.4 Å². The fourth-order valence-corrected chi connectivity index (χ4v) is 0. The van der Waals surface area contributed by atoms with Crippen LogP contribution in [0.2, 0.25) is 0 Å². The summed E-state index contributed by atoms with van der Waals surface area (Å²) in [7, 11) is 0. The van der Waals surface area contributed by atoms with E-state index in [1.165, 1.54) is 0 Å². The van der Waals surface area contributed by atoms with Crippen molar-refractivity contribution in [2.45, 2.75) is 0 Å². The van der Waals surface area contributed by atoms with Gasteiger partial charge in [0, 0.05) is 0 Å². The summed E-state index contributed by atoms with van der Waals surface area (Å²) >= 11 is 0. The summed E-state index contributed by atoms with van der Waals surface area (Å²) in [6.07, 6.45) is 0. The Hall–Kier alpha value is -0.350. The Labute approximate surface area is 34.0 Å². The highest BCUT2D eigenvalue weighted by Gasteiger charge is 1.47. The molecule has 0 heterocycles. The minimum Gasteiger partial charge on any atom is -0.184 e. The maximum atomic E-state index is 8.45. The smallest absolute Gasteiger partial charge is 0.184 e. The molecule has 0 saturated heterocycles. The molecule has 32 valence electrons. The molecule has 0 aromatic heterocycles. The van der Waals surface area contributed by atoms with Gasteiger partial charge < -0.3 is 0 Å². The Morgan fingerprint density at radius 1 is 1.80 bits per heavy atom. The first-order valence-corrected chi connectivity index (χ1v) is 0.548. The first-order chi connectivity index (χ1) is 1.91. The molecule has 0 radical (unpaired) electrons. The van der Waals surface area contributed by atoms with Crippen molar-refractivity contribution in [2.24, 2.45) is 5.34 Å². The highest BCUT2D eigenvalue weighted by Crippen LogP contribution is 1.51. The summed E-state index contributed by atoms with van der Waals surface area (Å²) < 4.78 is 0. The molecule has 5 heteroatoms. The molecule has 0 aromatic carbocycles. The largest absolute Gasteiger partial charge is 0.190 e. The molecule has 4 nitrogen and oxygen atoms in total. The first kappa shape index (κ1) is 8.82. The van der Waals surface area contributed by atoms with Crippen LogP contribution in [0.15, 0.2) is 5.34 Å². The normalized spacial score (nSPS) is 4.20. The van der Waals surface area contributed by atoms with Gasteiger partial charge in [-0.15, -0.1) is 17.3 Å². The van der Waals surface area contributed by atoms with Gasteiger partial charge in [0.05, 0.1) is 0 Å². The molecule has 0 aliphatic rings. The second-order valence-corrected chi connectivity index (χ2v) is 0.156. The van der Waals surface area contributed by atoms with Crippen LogP contribution in [-0.2, 0) is 4.99 Å². The van der Waals surface area contributed by atoms with Crippen molar-refractivity contribution in [3.05, 3.63) is 4.91 Å². The van der Waals surface area contributed by atoms with Gasteiger partial charge in [-0.2, -0.15) is 10.2 Å². The van der Waals surface area contributed by atoms with E-state index in [4.69, 9.17) is 10.2 Å². The molecule has 0 atom stereocenters. The zero-order chi connectivity index (χ0) is 3.41. The minimum absolute atomic E-state index is 0. The third-order valence-corrected chi connectivity index (χ3v) is 0.0333. The van der Waals surface area contributed by atoms with Crippen molar-refractivity contribution in [1.29, 1.82) is 0 Å².